The van der Waals surface area contributed by atoms with E-state index in [-0.39, 0.29) is 10.8 Å². The van der Waals surface area contributed by atoms with Gasteiger partial charge in [0.1, 0.15) is 6.10 Å². The Morgan fingerprint density at radius 3 is 2.70 bits per heavy atom. The highest BCUT2D eigenvalue weighted by molar-refractivity contribution is 7.09. The van der Waals surface area contributed by atoms with Crippen molar-refractivity contribution in [2.24, 2.45) is 23.0 Å². The quantitative estimate of drug-likeness (QED) is 0.899. The lowest BCUT2D eigenvalue weighted by molar-refractivity contribution is -0.0154. The molecule has 0 aliphatic heterocycles. The van der Waals surface area contributed by atoms with E-state index in [1.807, 2.05) is 5.38 Å². The van der Waals surface area contributed by atoms with Crippen molar-refractivity contribution in [2.45, 2.75) is 58.0 Å². The van der Waals surface area contributed by atoms with Crippen molar-refractivity contribution in [3.8, 4) is 0 Å². The van der Waals surface area contributed by atoms with Crippen LogP contribution in [-0.2, 0) is 5.41 Å². The first-order valence-electron chi connectivity index (χ1n) is 7.71. The van der Waals surface area contributed by atoms with Crippen LogP contribution in [0.5, 0.6) is 0 Å². The minimum atomic E-state index is -0.491. The van der Waals surface area contributed by atoms with Crippen LogP contribution in [0.1, 0.15) is 63.3 Å². The summed E-state index contributed by atoms with van der Waals surface area (Å²) < 4.78 is 0. The molecule has 20 heavy (non-hydrogen) atoms. The highest BCUT2D eigenvalue weighted by Crippen LogP contribution is 2.60. The third kappa shape index (κ3) is 2.13. The van der Waals surface area contributed by atoms with Gasteiger partial charge in [-0.3, -0.25) is 0 Å². The Bertz CT molecular complexity index is 493. The van der Waals surface area contributed by atoms with Gasteiger partial charge in [-0.05, 0) is 31.1 Å². The van der Waals surface area contributed by atoms with Crippen LogP contribution >= 0.6 is 11.3 Å². The van der Waals surface area contributed by atoms with E-state index >= 15 is 0 Å². The Hall–Kier alpha value is -0.450. The van der Waals surface area contributed by atoms with Crippen LogP contribution < -0.4 is 5.73 Å². The molecule has 0 spiro atoms. The molecule has 112 valence electrons. The average Bonchev–Trinajstić information content (AvgIpc) is 3.11. The fraction of sp³-hybridized carbons (Fsp3) is 0.812. The van der Waals surface area contributed by atoms with Gasteiger partial charge < -0.3 is 10.8 Å². The van der Waals surface area contributed by atoms with Gasteiger partial charge in [-0.25, -0.2) is 4.98 Å². The molecule has 4 atom stereocenters. The Labute approximate surface area is 125 Å². The van der Waals surface area contributed by atoms with Gasteiger partial charge in [0, 0.05) is 22.8 Å². The Morgan fingerprint density at radius 2 is 2.25 bits per heavy atom. The summed E-state index contributed by atoms with van der Waals surface area (Å²) in [5.41, 5.74) is 6.88. The molecule has 1 aromatic heterocycles. The zero-order chi connectivity index (χ0) is 14.5. The van der Waals surface area contributed by atoms with Crippen molar-refractivity contribution >= 4 is 11.3 Å². The van der Waals surface area contributed by atoms with Gasteiger partial charge in [0.2, 0.25) is 0 Å². The highest BCUT2D eigenvalue weighted by atomic mass is 32.1. The third-order valence-corrected chi connectivity index (χ3v) is 6.68. The van der Waals surface area contributed by atoms with Crippen molar-refractivity contribution in [1.29, 1.82) is 0 Å². The second-order valence-corrected chi connectivity index (χ2v) is 8.61. The van der Waals surface area contributed by atoms with Crippen LogP contribution in [0.25, 0.3) is 0 Å². The number of aliphatic hydroxyl groups is 1. The summed E-state index contributed by atoms with van der Waals surface area (Å²) in [5.74, 6) is 1.37. The smallest absolute Gasteiger partial charge is 0.104 e. The predicted molar refractivity (Wildman–Crippen MR) is 82.7 cm³/mol. The molecule has 3 rings (SSSR count). The summed E-state index contributed by atoms with van der Waals surface area (Å²) in [6, 6.07) is 0. The molecule has 2 fully saturated rings. The molecular formula is C16H26N2OS. The summed E-state index contributed by atoms with van der Waals surface area (Å²) in [4.78, 5) is 4.72. The van der Waals surface area contributed by atoms with Gasteiger partial charge in [-0.2, -0.15) is 0 Å². The van der Waals surface area contributed by atoms with E-state index in [2.05, 4.69) is 20.8 Å². The second-order valence-electron chi connectivity index (χ2n) is 7.75. The van der Waals surface area contributed by atoms with Crippen molar-refractivity contribution in [2.75, 3.05) is 6.54 Å². The zero-order valence-electron chi connectivity index (χ0n) is 12.7. The summed E-state index contributed by atoms with van der Waals surface area (Å²) in [7, 11) is 0. The van der Waals surface area contributed by atoms with Gasteiger partial charge in [-0.15, -0.1) is 11.3 Å². The van der Waals surface area contributed by atoms with Crippen LogP contribution in [0, 0.1) is 17.3 Å². The summed E-state index contributed by atoms with van der Waals surface area (Å²) in [6.07, 6.45) is 4.40. The molecule has 2 aliphatic rings. The number of rotatable bonds is 3. The lowest BCUT2D eigenvalue weighted by atomic mass is 9.68. The number of nitrogens with two attached hydrogens (primary N) is 1. The summed E-state index contributed by atoms with van der Waals surface area (Å²) >= 11 is 1.66. The van der Waals surface area contributed by atoms with Gasteiger partial charge in [0.15, 0.2) is 0 Å². The van der Waals surface area contributed by atoms with Crippen LogP contribution in [0.2, 0.25) is 0 Å². The SMILES string of the molecule is CC(C)(C)c1nc(C(O)C2(CN)CC3CCC2C3)cs1. The van der Waals surface area contributed by atoms with Crippen molar-refractivity contribution in [3.05, 3.63) is 16.1 Å². The van der Waals surface area contributed by atoms with E-state index in [0.29, 0.717) is 12.5 Å². The average molecular weight is 294 g/mol. The maximum Gasteiger partial charge on any atom is 0.104 e. The molecule has 3 nitrogen and oxygen atoms in total. The van der Waals surface area contributed by atoms with Crippen molar-refractivity contribution in [3.63, 3.8) is 0 Å². The zero-order valence-corrected chi connectivity index (χ0v) is 13.5. The van der Waals surface area contributed by atoms with Crippen LogP contribution in [0.15, 0.2) is 5.38 Å². The number of nitrogens with zero attached hydrogens (tertiary/aromatic N) is 1. The van der Waals surface area contributed by atoms with Crippen molar-refractivity contribution in [1.82, 2.24) is 4.98 Å². The minimum Gasteiger partial charge on any atom is -0.386 e. The molecule has 2 aliphatic carbocycles. The molecule has 3 N–H and O–H groups in total. The van der Waals surface area contributed by atoms with Gasteiger partial charge >= 0.3 is 0 Å². The monoisotopic (exact) mass is 294 g/mol. The molecule has 1 heterocycles. The molecular weight excluding hydrogens is 268 g/mol. The Balaban J connectivity index is 1.88. The predicted octanol–water partition coefficient (Wildman–Crippen LogP) is 3.24. The van der Waals surface area contributed by atoms with E-state index in [0.717, 1.165) is 23.0 Å². The Kier molecular flexibility index (Phi) is 3.47. The van der Waals surface area contributed by atoms with Crippen molar-refractivity contribution < 1.29 is 5.11 Å². The van der Waals surface area contributed by atoms with E-state index in [1.165, 1.54) is 19.3 Å². The highest BCUT2D eigenvalue weighted by Gasteiger charge is 2.54. The summed E-state index contributed by atoms with van der Waals surface area (Å²) in [5, 5.41) is 14.1. The first kappa shape index (κ1) is 14.5. The number of fused-ring (bicyclic) bond motifs is 2. The molecule has 2 bridgehead atoms. The maximum absolute atomic E-state index is 10.9. The molecule has 4 unspecified atom stereocenters. The topological polar surface area (TPSA) is 59.1 Å². The largest absolute Gasteiger partial charge is 0.386 e. The normalized spacial score (nSPS) is 34.6. The standard InChI is InChI=1S/C16H26N2OS/c1-15(2,3)14-18-12(8-20-14)13(19)16(9-17)7-10-4-5-11(16)6-10/h8,10-11,13,19H,4-7,9,17H2,1-3H3. The first-order valence-corrected chi connectivity index (χ1v) is 8.59. The molecule has 2 saturated carbocycles. The second kappa shape index (κ2) is 4.79. The molecule has 0 aromatic carbocycles. The van der Waals surface area contributed by atoms with E-state index in [4.69, 9.17) is 10.7 Å². The first-order chi connectivity index (χ1) is 9.37. The Morgan fingerprint density at radius 1 is 1.50 bits per heavy atom. The summed E-state index contributed by atoms with van der Waals surface area (Å²) in [6.45, 7) is 7.08. The number of hydrogen-bond donors (Lipinski definition) is 2. The number of aromatic nitrogens is 1. The minimum absolute atomic E-state index is 0.0488. The number of aliphatic hydroxyl groups excluding tert-OH is 1. The fourth-order valence-electron chi connectivity index (χ4n) is 4.23. The van der Waals surface area contributed by atoms with E-state index < -0.39 is 6.10 Å². The van der Waals surface area contributed by atoms with Crippen LogP contribution in [0.4, 0.5) is 0 Å². The third-order valence-electron chi connectivity index (χ3n) is 5.39. The molecule has 0 radical (unpaired) electrons. The molecule has 4 heteroatoms. The lowest BCUT2D eigenvalue weighted by Crippen LogP contribution is -2.41. The molecule has 0 saturated heterocycles. The van der Waals surface area contributed by atoms with E-state index in [9.17, 15) is 5.11 Å². The van der Waals surface area contributed by atoms with Crippen LogP contribution in [0.3, 0.4) is 0 Å². The van der Waals surface area contributed by atoms with E-state index in [1.54, 1.807) is 11.3 Å². The maximum atomic E-state index is 10.9. The van der Waals surface area contributed by atoms with Crippen LogP contribution in [-0.4, -0.2) is 16.6 Å². The lowest BCUT2D eigenvalue weighted by Gasteiger charge is -2.40. The van der Waals surface area contributed by atoms with Gasteiger partial charge in [-0.1, -0.05) is 27.2 Å². The number of hydrogen-bond acceptors (Lipinski definition) is 4. The molecule has 0 amide bonds. The molecule has 1 aromatic rings. The van der Waals surface area contributed by atoms with Gasteiger partial charge in [0.05, 0.1) is 10.7 Å². The number of thiazole rings is 1. The fourth-order valence-corrected chi connectivity index (χ4v) is 5.16. The van der Waals surface area contributed by atoms with Gasteiger partial charge in [0.25, 0.3) is 0 Å².